The van der Waals surface area contributed by atoms with Gasteiger partial charge in [0.1, 0.15) is 12.6 Å². The number of likely N-dealkylation sites (tertiary alicyclic amines) is 1. The topological polar surface area (TPSA) is 47.4 Å². The number of allylic oxidation sites excluding steroid dienone is 1. The van der Waals surface area contributed by atoms with Gasteiger partial charge in [-0.25, -0.2) is 0 Å². The Hall–Kier alpha value is -1.76. The molecule has 6 heteroatoms. The first-order valence-electron chi connectivity index (χ1n) is 8.04. The van der Waals surface area contributed by atoms with E-state index >= 15 is 0 Å². The molecule has 2 atom stereocenters. The normalized spacial score (nSPS) is 21.3. The second-order valence-corrected chi connectivity index (χ2v) is 6.39. The SMILES string of the molecule is C=CCn1c(-c2ccccc2)nn(C[NH+]2CCC[C@@H](O)C2)c1=S. The van der Waals surface area contributed by atoms with Crippen molar-refractivity contribution in [3.8, 4) is 11.4 Å². The van der Waals surface area contributed by atoms with Crippen molar-refractivity contribution in [2.45, 2.75) is 32.2 Å². The fourth-order valence-corrected chi connectivity index (χ4v) is 3.39. The van der Waals surface area contributed by atoms with E-state index in [1.165, 1.54) is 4.90 Å². The molecular formula is C17H23N4OS+. The molecule has 0 amide bonds. The Balaban J connectivity index is 1.92. The van der Waals surface area contributed by atoms with E-state index < -0.39 is 0 Å². The average Bonchev–Trinajstić information content (AvgIpc) is 2.86. The van der Waals surface area contributed by atoms with E-state index in [1.807, 2.05) is 45.7 Å². The van der Waals surface area contributed by atoms with Crippen LogP contribution in [0.5, 0.6) is 0 Å². The zero-order valence-electron chi connectivity index (χ0n) is 13.2. The highest BCUT2D eigenvalue weighted by Gasteiger charge is 2.22. The van der Waals surface area contributed by atoms with E-state index in [0.29, 0.717) is 18.0 Å². The lowest BCUT2D eigenvalue weighted by Crippen LogP contribution is -3.13. The molecule has 0 spiro atoms. The standard InChI is InChI=1S/C17H22N4OS/c1-2-10-20-16(14-7-4-3-5-8-14)18-21(17(20)23)13-19-11-6-9-15(22)12-19/h2-5,7-8,15,22H,1,6,9-13H2/p+1/t15-/m1/s1. The van der Waals surface area contributed by atoms with Crippen LogP contribution in [0.4, 0.5) is 0 Å². The van der Waals surface area contributed by atoms with Gasteiger partial charge in [-0.1, -0.05) is 36.4 Å². The Labute approximate surface area is 141 Å². The smallest absolute Gasteiger partial charge is 0.203 e. The van der Waals surface area contributed by atoms with Gasteiger partial charge in [0.15, 0.2) is 12.5 Å². The van der Waals surface area contributed by atoms with Gasteiger partial charge in [0.2, 0.25) is 4.77 Å². The summed E-state index contributed by atoms with van der Waals surface area (Å²) in [5.74, 6) is 0.868. The Kier molecular flexibility index (Phi) is 5.05. The summed E-state index contributed by atoms with van der Waals surface area (Å²) in [6.07, 6.45) is 3.57. The Morgan fingerprint density at radius 2 is 2.17 bits per heavy atom. The van der Waals surface area contributed by atoms with Crippen LogP contribution < -0.4 is 4.90 Å². The molecule has 0 bridgehead atoms. The van der Waals surface area contributed by atoms with E-state index in [1.54, 1.807) is 0 Å². The molecule has 1 aliphatic heterocycles. The number of rotatable bonds is 5. The largest absolute Gasteiger partial charge is 0.387 e. The van der Waals surface area contributed by atoms with Gasteiger partial charge >= 0.3 is 0 Å². The molecule has 1 saturated heterocycles. The van der Waals surface area contributed by atoms with Crippen LogP contribution in [-0.4, -0.2) is 38.6 Å². The van der Waals surface area contributed by atoms with Gasteiger partial charge in [0, 0.05) is 12.1 Å². The number of quaternary nitrogens is 1. The lowest BCUT2D eigenvalue weighted by Gasteiger charge is -2.26. The number of aliphatic hydroxyl groups excluding tert-OH is 1. The first-order chi connectivity index (χ1) is 11.2. The van der Waals surface area contributed by atoms with Crippen molar-refractivity contribution in [2.75, 3.05) is 13.1 Å². The molecule has 3 rings (SSSR count). The van der Waals surface area contributed by atoms with Crippen molar-refractivity contribution < 1.29 is 10.0 Å². The molecular weight excluding hydrogens is 308 g/mol. The molecule has 1 aromatic heterocycles. The van der Waals surface area contributed by atoms with Crippen LogP contribution in [0.25, 0.3) is 11.4 Å². The van der Waals surface area contributed by atoms with Crippen molar-refractivity contribution in [1.82, 2.24) is 14.3 Å². The number of aromatic nitrogens is 3. The van der Waals surface area contributed by atoms with E-state index in [-0.39, 0.29) is 6.10 Å². The number of nitrogens with zero attached hydrogens (tertiary/aromatic N) is 3. The molecule has 1 unspecified atom stereocenters. The third kappa shape index (κ3) is 3.60. The van der Waals surface area contributed by atoms with Crippen molar-refractivity contribution in [2.24, 2.45) is 0 Å². The van der Waals surface area contributed by atoms with Crippen LogP contribution >= 0.6 is 12.2 Å². The van der Waals surface area contributed by atoms with Gasteiger partial charge in [0.25, 0.3) is 0 Å². The summed E-state index contributed by atoms with van der Waals surface area (Å²) in [4.78, 5) is 1.32. The minimum atomic E-state index is -0.211. The van der Waals surface area contributed by atoms with Gasteiger partial charge in [-0.05, 0) is 25.1 Å². The molecule has 23 heavy (non-hydrogen) atoms. The van der Waals surface area contributed by atoms with Crippen LogP contribution in [0.2, 0.25) is 0 Å². The van der Waals surface area contributed by atoms with Gasteiger partial charge in [0.05, 0.1) is 6.54 Å². The molecule has 5 nitrogen and oxygen atoms in total. The number of aliphatic hydroxyl groups is 1. The van der Waals surface area contributed by atoms with E-state index in [0.717, 1.165) is 37.3 Å². The number of benzene rings is 1. The molecule has 2 aromatic rings. The fourth-order valence-electron chi connectivity index (χ4n) is 3.12. The molecule has 1 aromatic carbocycles. The Morgan fingerprint density at radius 1 is 1.39 bits per heavy atom. The van der Waals surface area contributed by atoms with Crippen LogP contribution in [0, 0.1) is 4.77 Å². The third-order valence-electron chi connectivity index (χ3n) is 4.23. The summed E-state index contributed by atoms with van der Waals surface area (Å²) < 4.78 is 4.60. The van der Waals surface area contributed by atoms with Gasteiger partial charge in [-0.15, -0.1) is 11.7 Å². The summed E-state index contributed by atoms with van der Waals surface area (Å²) in [7, 11) is 0. The van der Waals surface area contributed by atoms with Crippen molar-refractivity contribution >= 4 is 12.2 Å². The first-order valence-corrected chi connectivity index (χ1v) is 8.45. The van der Waals surface area contributed by atoms with E-state index in [4.69, 9.17) is 17.3 Å². The molecule has 122 valence electrons. The molecule has 2 heterocycles. The Bertz CT molecular complexity index is 722. The lowest BCUT2D eigenvalue weighted by molar-refractivity contribution is -0.931. The van der Waals surface area contributed by atoms with Gasteiger partial charge in [-0.3, -0.25) is 4.57 Å². The fraction of sp³-hybridized carbons (Fsp3) is 0.412. The monoisotopic (exact) mass is 331 g/mol. The maximum absolute atomic E-state index is 9.85. The van der Waals surface area contributed by atoms with E-state index in [2.05, 4.69) is 6.58 Å². The van der Waals surface area contributed by atoms with Crippen LogP contribution in [0.1, 0.15) is 12.8 Å². The number of piperidine rings is 1. The zero-order valence-corrected chi connectivity index (χ0v) is 14.0. The molecule has 0 saturated carbocycles. The molecule has 0 radical (unpaired) electrons. The minimum absolute atomic E-state index is 0.211. The lowest BCUT2D eigenvalue weighted by atomic mass is 10.1. The first kappa shape index (κ1) is 16.1. The van der Waals surface area contributed by atoms with Gasteiger partial charge in [-0.2, -0.15) is 4.68 Å². The third-order valence-corrected chi connectivity index (χ3v) is 4.66. The summed E-state index contributed by atoms with van der Waals surface area (Å²) in [5.41, 5.74) is 1.05. The number of nitrogens with one attached hydrogen (secondary N) is 1. The maximum Gasteiger partial charge on any atom is 0.203 e. The quantitative estimate of drug-likeness (QED) is 0.641. The number of hydrogen-bond donors (Lipinski definition) is 2. The van der Waals surface area contributed by atoms with Crippen LogP contribution in [0.15, 0.2) is 43.0 Å². The molecule has 0 aliphatic carbocycles. The second kappa shape index (κ2) is 7.21. The van der Waals surface area contributed by atoms with Crippen molar-refractivity contribution in [3.05, 3.63) is 47.8 Å². The summed E-state index contributed by atoms with van der Waals surface area (Å²) >= 11 is 5.62. The van der Waals surface area contributed by atoms with Gasteiger partial charge < -0.3 is 10.0 Å². The summed E-state index contributed by atoms with van der Waals surface area (Å²) in [6, 6.07) is 10.1. The zero-order chi connectivity index (χ0) is 16.2. The molecule has 1 aliphatic rings. The Morgan fingerprint density at radius 3 is 2.87 bits per heavy atom. The summed E-state index contributed by atoms with van der Waals surface area (Å²) in [5, 5.41) is 14.6. The van der Waals surface area contributed by atoms with Crippen LogP contribution in [-0.2, 0) is 13.2 Å². The molecule has 2 N–H and O–H groups in total. The molecule has 1 fully saturated rings. The highest BCUT2D eigenvalue weighted by Crippen LogP contribution is 2.17. The highest BCUT2D eigenvalue weighted by molar-refractivity contribution is 7.71. The summed E-state index contributed by atoms with van der Waals surface area (Å²) in [6.45, 7) is 6.97. The number of hydrogen-bond acceptors (Lipinski definition) is 3. The predicted molar refractivity (Wildman–Crippen MR) is 92.6 cm³/mol. The van der Waals surface area contributed by atoms with E-state index in [9.17, 15) is 5.11 Å². The predicted octanol–water partition coefficient (Wildman–Crippen LogP) is 1.26. The minimum Gasteiger partial charge on any atom is -0.387 e. The van der Waals surface area contributed by atoms with Crippen molar-refractivity contribution in [3.63, 3.8) is 0 Å². The highest BCUT2D eigenvalue weighted by atomic mass is 32.1. The van der Waals surface area contributed by atoms with Crippen LogP contribution in [0.3, 0.4) is 0 Å². The second-order valence-electron chi connectivity index (χ2n) is 6.03. The maximum atomic E-state index is 9.85. The average molecular weight is 331 g/mol. The van der Waals surface area contributed by atoms with Crippen molar-refractivity contribution in [1.29, 1.82) is 0 Å².